The molecule has 20 heavy (non-hydrogen) atoms. The molecule has 0 spiro atoms. The first-order valence-corrected chi connectivity index (χ1v) is 6.78. The molecule has 1 aliphatic carbocycles. The van der Waals surface area contributed by atoms with Crippen molar-refractivity contribution in [3.05, 3.63) is 29.3 Å². The Bertz CT molecular complexity index is 488. The topological polar surface area (TPSA) is 26.3 Å². The molecule has 2 nitrogen and oxygen atoms in total. The van der Waals surface area contributed by atoms with E-state index in [-0.39, 0.29) is 18.6 Å². The van der Waals surface area contributed by atoms with Crippen molar-refractivity contribution in [1.29, 1.82) is 0 Å². The number of alkyl halides is 3. The zero-order valence-corrected chi connectivity index (χ0v) is 11.4. The van der Waals surface area contributed by atoms with Gasteiger partial charge in [-0.3, -0.25) is 4.79 Å². The van der Waals surface area contributed by atoms with Gasteiger partial charge in [0.15, 0.2) is 0 Å². The molecule has 0 N–H and O–H groups in total. The number of carbonyl (C=O) groups is 1. The summed E-state index contributed by atoms with van der Waals surface area (Å²) in [5.41, 5.74) is 0. The molecule has 0 aliphatic heterocycles. The van der Waals surface area contributed by atoms with Crippen molar-refractivity contribution in [2.24, 2.45) is 11.8 Å². The van der Waals surface area contributed by atoms with Gasteiger partial charge in [0.05, 0.1) is 11.8 Å². The predicted octanol–water partition coefficient (Wildman–Crippen LogP) is 4.61. The summed E-state index contributed by atoms with van der Waals surface area (Å²) in [5.74, 6) is -2.46. The molecule has 1 aliphatic rings. The van der Waals surface area contributed by atoms with Crippen LogP contribution in [0.5, 0.6) is 5.75 Å². The van der Waals surface area contributed by atoms with Crippen LogP contribution in [0.1, 0.15) is 25.7 Å². The highest BCUT2D eigenvalue weighted by atomic mass is 35.5. The number of carbonyl (C=O) groups excluding carboxylic acids is 1. The van der Waals surface area contributed by atoms with Crippen molar-refractivity contribution in [1.82, 2.24) is 0 Å². The van der Waals surface area contributed by atoms with E-state index in [1.165, 1.54) is 6.07 Å². The molecule has 2 rings (SSSR count). The summed E-state index contributed by atoms with van der Waals surface area (Å²) >= 11 is 5.76. The van der Waals surface area contributed by atoms with Crippen molar-refractivity contribution < 1.29 is 22.7 Å². The van der Waals surface area contributed by atoms with Crippen LogP contribution in [0.15, 0.2) is 24.3 Å². The molecule has 6 heteroatoms. The van der Waals surface area contributed by atoms with E-state index in [9.17, 15) is 18.0 Å². The number of rotatable bonds is 2. The molecule has 0 saturated heterocycles. The predicted molar refractivity (Wildman–Crippen MR) is 68.6 cm³/mol. The van der Waals surface area contributed by atoms with E-state index in [0.29, 0.717) is 17.9 Å². The third-order valence-electron chi connectivity index (χ3n) is 3.48. The fourth-order valence-corrected chi connectivity index (χ4v) is 2.61. The molecule has 1 fully saturated rings. The minimum absolute atomic E-state index is 0.0877. The maximum atomic E-state index is 12.7. The molecule has 0 aromatic heterocycles. The molecule has 1 aromatic carbocycles. The van der Waals surface area contributed by atoms with Crippen LogP contribution in [0.3, 0.4) is 0 Å². The van der Waals surface area contributed by atoms with Crippen molar-refractivity contribution in [2.45, 2.75) is 31.9 Å². The Morgan fingerprint density at radius 2 is 2.05 bits per heavy atom. The van der Waals surface area contributed by atoms with Gasteiger partial charge < -0.3 is 4.74 Å². The van der Waals surface area contributed by atoms with Crippen LogP contribution in [0, 0.1) is 11.8 Å². The van der Waals surface area contributed by atoms with E-state index in [1.54, 1.807) is 18.2 Å². The quantitative estimate of drug-likeness (QED) is 0.589. The second-order valence-corrected chi connectivity index (χ2v) is 5.42. The second-order valence-electron chi connectivity index (χ2n) is 4.98. The van der Waals surface area contributed by atoms with Crippen LogP contribution in [0.2, 0.25) is 5.02 Å². The third kappa shape index (κ3) is 3.88. The highest BCUT2D eigenvalue weighted by Crippen LogP contribution is 2.40. The van der Waals surface area contributed by atoms with Crippen LogP contribution in [-0.4, -0.2) is 12.1 Å². The van der Waals surface area contributed by atoms with Gasteiger partial charge in [0.2, 0.25) is 0 Å². The highest BCUT2D eigenvalue weighted by molar-refractivity contribution is 6.30. The van der Waals surface area contributed by atoms with Gasteiger partial charge >= 0.3 is 12.1 Å². The average molecular weight is 307 g/mol. The lowest BCUT2D eigenvalue weighted by Gasteiger charge is -2.29. The van der Waals surface area contributed by atoms with Gasteiger partial charge in [-0.15, -0.1) is 0 Å². The van der Waals surface area contributed by atoms with Crippen LogP contribution in [-0.2, 0) is 4.79 Å². The highest BCUT2D eigenvalue weighted by Gasteiger charge is 2.44. The van der Waals surface area contributed by atoms with E-state index in [0.717, 1.165) is 0 Å². The molecule has 2 atom stereocenters. The van der Waals surface area contributed by atoms with Gasteiger partial charge in [-0.1, -0.05) is 24.1 Å². The Balaban J connectivity index is 1.99. The standard InChI is InChI=1S/C14H14ClF3O2/c15-11-5-2-6-12(8-11)20-13(19)9-3-1-4-10(7-9)14(16,17)18/h2,5-6,8-10H,1,3-4,7H2. The lowest BCUT2D eigenvalue weighted by atomic mass is 9.81. The third-order valence-corrected chi connectivity index (χ3v) is 3.72. The van der Waals surface area contributed by atoms with E-state index in [4.69, 9.17) is 16.3 Å². The maximum Gasteiger partial charge on any atom is 0.391 e. The van der Waals surface area contributed by atoms with Gasteiger partial charge in [0.25, 0.3) is 0 Å². The Morgan fingerprint density at radius 3 is 2.70 bits per heavy atom. The monoisotopic (exact) mass is 306 g/mol. The molecule has 110 valence electrons. The lowest BCUT2D eigenvalue weighted by molar-refractivity contribution is -0.187. The SMILES string of the molecule is O=C(Oc1cccc(Cl)c1)C1CCCC(C(F)(F)F)C1. The number of esters is 1. The van der Waals surface area contributed by atoms with E-state index < -0.39 is 24.0 Å². The smallest absolute Gasteiger partial charge is 0.391 e. The molecule has 1 aromatic rings. The fourth-order valence-electron chi connectivity index (χ4n) is 2.43. The molecule has 2 unspecified atom stereocenters. The van der Waals surface area contributed by atoms with Gasteiger partial charge in [-0.05, 0) is 37.5 Å². The summed E-state index contributed by atoms with van der Waals surface area (Å²) < 4.78 is 43.2. The first kappa shape index (κ1) is 15.2. The number of hydrogen-bond acceptors (Lipinski definition) is 2. The molecule has 1 saturated carbocycles. The summed E-state index contributed by atoms with van der Waals surface area (Å²) in [6.45, 7) is 0. The molecular formula is C14H14ClF3O2. The largest absolute Gasteiger partial charge is 0.426 e. The minimum Gasteiger partial charge on any atom is -0.426 e. The summed E-state index contributed by atoms with van der Waals surface area (Å²) in [5, 5.41) is 0.409. The Labute approximate surface area is 119 Å². The number of ether oxygens (including phenoxy) is 1. The summed E-state index contributed by atoms with van der Waals surface area (Å²) in [6.07, 6.45) is -3.52. The Hall–Kier alpha value is -1.23. The zero-order chi connectivity index (χ0) is 14.8. The fraction of sp³-hybridized carbons (Fsp3) is 0.500. The van der Waals surface area contributed by atoms with E-state index >= 15 is 0 Å². The maximum absolute atomic E-state index is 12.7. The minimum atomic E-state index is -4.24. The Morgan fingerprint density at radius 1 is 1.30 bits per heavy atom. The summed E-state index contributed by atoms with van der Waals surface area (Å²) in [7, 11) is 0. The van der Waals surface area contributed by atoms with Crippen LogP contribution < -0.4 is 4.74 Å². The zero-order valence-electron chi connectivity index (χ0n) is 10.6. The summed E-state index contributed by atoms with van der Waals surface area (Å²) in [4.78, 5) is 11.9. The lowest BCUT2D eigenvalue weighted by Crippen LogP contribution is -2.33. The average Bonchev–Trinajstić information content (AvgIpc) is 2.38. The van der Waals surface area contributed by atoms with Crippen LogP contribution >= 0.6 is 11.6 Å². The molecule has 0 radical (unpaired) electrons. The second kappa shape index (κ2) is 6.04. The van der Waals surface area contributed by atoms with Crippen molar-refractivity contribution in [3.8, 4) is 5.75 Å². The van der Waals surface area contributed by atoms with Gasteiger partial charge in [0, 0.05) is 5.02 Å². The molecule has 0 amide bonds. The van der Waals surface area contributed by atoms with Gasteiger partial charge in [0.1, 0.15) is 5.75 Å². The first-order chi connectivity index (χ1) is 9.36. The number of halogens is 4. The van der Waals surface area contributed by atoms with Gasteiger partial charge in [-0.25, -0.2) is 0 Å². The van der Waals surface area contributed by atoms with E-state index in [2.05, 4.69) is 0 Å². The van der Waals surface area contributed by atoms with E-state index in [1.807, 2.05) is 0 Å². The molecule has 0 bridgehead atoms. The normalized spacial score (nSPS) is 23.4. The van der Waals surface area contributed by atoms with Gasteiger partial charge in [-0.2, -0.15) is 13.2 Å². The number of benzene rings is 1. The Kier molecular flexibility index (Phi) is 4.58. The molecule has 0 heterocycles. The first-order valence-electron chi connectivity index (χ1n) is 6.40. The number of hydrogen-bond donors (Lipinski definition) is 0. The molecular weight excluding hydrogens is 293 g/mol. The van der Waals surface area contributed by atoms with Crippen molar-refractivity contribution in [2.75, 3.05) is 0 Å². The van der Waals surface area contributed by atoms with Crippen LogP contribution in [0.4, 0.5) is 13.2 Å². The summed E-state index contributed by atoms with van der Waals surface area (Å²) in [6, 6.07) is 6.25. The van der Waals surface area contributed by atoms with Crippen molar-refractivity contribution in [3.63, 3.8) is 0 Å². The van der Waals surface area contributed by atoms with Crippen molar-refractivity contribution >= 4 is 17.6 Å². The van der Waals surface area contributed by atoms with Crippen LogP contribution in [0.25, 0.3) is 0 Å².